The van der Waals surface area contributed by atoms with Gasteiger partial charge in [-0.2, -0.15) is 5.01 Å². The van der Waals surface area contributed by atoms with E-state index in [1.165, 1.54) is 0 Å². The van der Waals surface area contributed by atoms with Crippen LogP contribution in [0.25, 0.3) is 0 Å². The van der Waals surface area contributed by atoms with E-state index >= 15 is 0 Å². The van der Waals surface area contributed by atoms with Crippen LogP contribution in [0.2, 0.25) is 0 Å². The summed E-state index contributed by atoms with van der Waals surface area (Å²) in [5.74, 6) is -0.892. The number of carbonyl (C=O) groups excluding carboxylic acids is 3. The summed E-state index contributed by atoms with van der Waals surface area (Å²) in [5, 5.41) is 3.53. The van der Waals surface area contributed by atoms with E-state index in [0.717, 1.165) is 21.7 Å². The largest absolute Gasteiger partial charge is 0.344 e. The number of carbonyl (C=O) groups is 3. The summed E-state index contributed by atoms with van der Waals surface area (Å²) in [6, 6.07) is 14.2. The third-order valence-corrected chi connectivity index (χ3v) is 5.06. The first-order valence-corrected chi connectivity index (χ1v) is 8.95. The molecular formula is C21H23N3O3. The fourth-order valence-corrected chi connectivity index (χ4v) is 3.30. The summed E-state index contributed by atoms with van der Waals surface area (Å²) in [6.45, 7) is 5.80. The van der Waals surface area contributed by atoms with Gasteiger partial charge in [-0.15, -0.1) is 0 Å². The van der Waals surface area contributed by atoms with Crippen molar-refractivity contribution in [2.45, 2.75) is 39.2 Å². The number of hydrogen-bond acceptors (Lipinski definition) is 3. The summed E-state index contributed by atoms with van der Waals surface area (Å²) in [4.78, 5) is 37.8. The van der Waals surface area contributed by atoms with Crippen molar-refractivity contribution in [1.82, 2.24) is 15.8 Å². The predicted octanol–water partition coefficient (Wildman–Crippen LogP) is 2.73. The molecule has 0 spiro atoms. The van der Waals surface area contributed by atoms with Gasteiger partial charge in [-0.05, 0) is 42.5 Å². The third kappa shape index (κ3) is 3.43. The average Bonchev–Trinajstić information content (AvgIpc) is 2.90. The highest BCUT2D eigenvalue weighted by Gasteiger charge is 2.52. The van der Waals surface area contributed by atoms with E-state index in [-0.39, 0.29) is 6.42 Å². The van der Waals surface area contributed by atoms with Crippen LogP contribution in [-0.4, -0.2) is 22.9 Å². The second-order valence-electron chi connectivity index (χ2n) is 6.83. The topological polar surface area (TPSA) is 78.5 Å². The predicted molar refractivity (Wildman–Crippen MR) is 102 cm³/mol. The Kier molecular flexibility index (Phi) is 4.99. The maximum atomic E-state index is 13.0. The number of rotatable bonds is 5. The molecule has 6 heteroatoms. The van der Waals surface area contributed by atoms with Gasteiger partial charge in [0.1, 0.15) is 5.54 Å². The minimum atomic E-state index is -1.16. The van der Waals surface area contributed by atoms with E-state index in [9.17, 15) is 14.4 Å². The van der Waals surface area contributed by atoms with Crippen molar-refractivity contribution in [3.05, 3.63) is 70.8 Å². The molecule has 0 radical (unpaired) electrons. The molecule has 0 aliphatic carbocycles. The van der Waals surface area contributed by atoms with Crippen LogP contribution < -0.4 is 10.7 Å². The zero-order chi connectivity index (χ0) is 19.6. The summed E-state index contributed by atoms with van der Waals surface area (Å²) in [5.41, 5.74) is 5.04. The molecule has 1 heterocycles. The fraction of sp³-hybridized carbons (Fsp3) is 0.286. The molecular weight excluding hydrogens is 342 g/mol. The molecule has 0 saturated carbocycles. The zero-order valence-corrected chi connectivity index (χ0v) is 15.7. The Morgan fingerprint density at radius 1 is 1.07 bits per heavy atom. The van der Waals surface area contributed by atoms with Crippen LogP contribution in [0, 0.1) is 13.8 Å². The van der Waals surface area contributed by atoms with E-state index in [0.29, 0.717) is 12.0 Å². The molecule has 1 aliphatic rings. The van der Waals surface area contributed by atoms with Gasteiger partial charge in [-0.3, -0.25) is 15.0 Å². The number of nitrogens with zero attached hydrogens (tertiary/aromatic N) is 1. The highest BCUT2D eigenvalue weighted by atomic mass is 16.2. The van der Waals surface area contributed by atoms with Crippen molar-refractivity contribution in [2.75, 3.05) is 0 Å². The number of nitrogens with one attached hydrogen (secondary N) is 2. The highest BCUT2D eigenvalue weighted by molar-refractivity contribution is 6.08. The SMILES string of the molecule is CCC1(c2ccccc2)NC(=O)N(NC(=O)Cc2ccc(C)c(C)c2)C1=O. The summed E-state index contributed by atoms with van der Waals surface area (Å²) in [6.07, 6.45) is 0.466. The van der Waals surface area contributed by atoms with Crippen LogP contribution >= 0.6 is 0 Å². The zero-order valence-electron chi connectivity index (χ0n) is 15.7. The molecule has 27 heavy (non-hydrogen) atoms. The Labute approximate surface area is 158 Å². The van der Waals surface area contributed by atoms with Crippen LogP contribution in [0.15, 0.2) is 48.5 Å². The van der Waals surface area contributed by atoms with Gasteiger partial charge in [0, 0.05) is 0 Å². The summed E-state index contributed by atoms with van der Waals surface area (Å²) in [7, 11) is 0. The average molecular weight is 365 g/mol. The van der Waals surface area contributed by atoms with Crippen LogP contribution in [0.5, 0.6) is 0 Å². The third-order valence-electron chi connectivity index (χ3n) is 5.06. The Bertz CT molecular complexity index is 895. The van der Waals surface area contributed by atoms with Crippen LogP contribution in [0.3, 0.4) is 0 Å². The van der Waals surface area contributed by atoms with E-state index in [2.05, 4.69) is 10.7 Å². The van der Waals surface area contributed by atoms with Gasteiger partial charge in [0.05, 0.1) is 6.42 Å². The van der Waals surface area contributed by atoms with Crippen molar-refractivity contribution in [1.29, 1.82) is 0 Å². The first kappa shape index (κ1) is 18.6. The van der Waals surface area contributed by atoms with Crippen molar-refractivity contribution >= 4 is 17.8 Å². The molecule has 0 aromatic heterocycles. The summed E-state index contributed by atoms with van der Waals surface area (Å²) < 4.78 is 0. The maximum Gasteiger partial charge on any atom is 0.344 e. The maximum absolute atomic E-state index is 13.0. The van der Waals surface area contributed by atoms with Crippen molar-refractivity contribution in [3.8, 4) is 0 Å². The number of aryl methyl sites for hydroxylation is 2. The van der Waals surface area contributed by atoms with Crippen molar-refractivity contribution in [2.24, 2.45) is 0 Å². The molecule has 1 saturated heterocycles. The quantitative estimate of drug-likeness (QED) is 0.800. The normalized spacial score (nSPS) is 19.1. The van der Waals surface area contributed by atoms with Gasteiger partial charge < -0.3 is 5.32 Å². The van der Waals surface area contributed by atoms with Gasteiger partial charge in [0.15, 0.2) is 0 Å². The van der Waals surface area contributed by atoms with Gasteiger partial charge >= 0.3 is 6.03 Å². The van der Waals surface area contributed by atoms with Crippen LogP contribution in [-0.2, 0) is 21.5 Å². The molecule has 6 nitrogen and oxygen atoms in total. The van der Waals surface area contributed by atoms with Gasteiger partial charge in [-0.1, -0.05) is 55.5 Å². The highest BCUT2D eigenvalue weighted by Crippen LogP contribution is 2.31. The van der Waals surface area contributed by atoms with E-state index in [4.69, 9.17) is 0 Å². The smallest absolute Gasteiger partial charge is 0.318 e. The molecule has 1 unspecified atom stereocenters. The lowest BCUT2D eigenvalue weighted by atomic mass is 9.87. The van der Waals surface area contributed by atoms with E-state index < -0.39 is 23.4 Å². The first-order valence-electron chi connectivity index (χ1n) is 8.95. The van der Waals surface area contributed by atoms with Gasteiger partial charge in [0.2, 0.25) is 5.91 Å². The monoisotopic (exact) mass is 365 g/mol. The molecule has 2 N–H and O–H groups in total. The fourth-order valence-electron chi connectivity index (χ4n) is 3.30. The Hall–Kier alpha value is -3.15. The number of benzene rings is 2. The minimum absolute atomic E-state index is 0.0860. The summed E-state index contributed by atoms with van der Waals surface area (Å²) >= 11 is 0. The van der Waals surface area contributed by atoms with Crippen molar-refractivity contribution in [3.63, 3.8) is 0 Å². The lowest BCUT2D eigenvalue weighted by molar-refractivity contribution is -0.139. The van der Waals surface area contributed by atoms with Gasteiger partial charge in [-0.25, -0.2) is 4.79 Å². The molecule has 4 amide bonds. The van der Waals surface area contributed by atoms with E-state index in [1.54, 1.807) is 12.1 Å². The molecule has 2 aromatic rings. The number of hydrazine groups is 1. The molecule has 140 valence electrons. The molecule has 1 atom stereocenters. The first-order chi connectivity index (χ1) is 12.9. The molecule has 3 rings (SSSR count). The van der Waals surface area contributed by atoms with Crippen molar-refractivity contribution < 1.29 is 14.4 Å². The second-order valence-corrected chi connectivity index (χ2v) is 6.83. The lowest BCUT2D eigenvalue weighted by Crippen LogP contribution is -2.49. The van der Waals surface area contributed by atoms with E-state index in [1.807, 2.05) is 57.2 Å². The Morgan fingerprint density at radius 3 is 2.41 bits per heavy atom. The molecule has 1 aliphatic heterocycles. The Balaban J connectivity index is 1.77. The number of hydrogen-bond donors (Lipinski definition) is 2. The number of amides is 4. The lowest BCUT2D eigenvalue weighted by Gasteiger charge is -2.25. The van der Waals surface area contributed by atoms with Crippen LogP contribution in [0.4, 0.5) is 4.79 Å². The number of urea groups is 1. The standard InChI is InChI=1S/C21H23N3O3/c1-4-21(17-8-6-5-7-9-17)19(26)24(20(27)22-21)23-18(25)13-16-11-10-14(2)15(3)12-16/h5-12H,4,13H2,1-3H3,(H,22,27)(H,23,25). The number of imide groups is 1. The van der Waals surface area contributed by atoms with Gasteiger partial charge in [0.25, 0.3) is 5.91 Å². The Morgan fingerprint density at radius 2 is 1.78 bits per heavy atom. The molecule has 0 bridgehead atoms. The van der Waals surface area contributed by atoms with Crippen LogP contribution in [0.1, 0.15) is 35.6 Å². The minimum Gasteiger partial charge on any atom is -0.318 e. The molecule has 1 fully saturated rings. The second kappa shape index (κ2) is 7.23. The molecule has 2 aromatic carbocycles.